The fraction of sp³-hybridized carbons (Fsp3) is 0.290. The van der Waals surface area contributed by atoms with Crippen LogP contribution in [0.3, 0.4) is 0 Å². The van der Waals surface area contributed by atoms with E-state index in [0.717, 1.165) is 12.3 Å². The van der Waals surface area contributed by atoms with Gasteiger partial charge in [-0.05, 0) is 80.9 Å². The molecule has 0 amide bonds. The minimum Gasteiger partial charge on any atom is -0.0683 e. The molecule has 0 nitrogen and oxygen atoms in total. The fourth-order valence-corrected chi connectivity index (χ4v) is 11.5. The van der Waals surface area contributed by atoms with Crippen LogP contribution in [-0.2, 0) is 12.3 Å². The number of rotatable bonds is 9. The molecule has 0 unspecified atom stereocenters. The van der Waals surface area contributed by atoms with Gasteiger partial charge in [-0.25, -0.2) is 0 Å². The summed E-state index contributed by atoms with van der Waals surface area (Å²) in [6, 6.07) is 72.0. The number of hydrogen-bond acceptors (Lipinski definition) is 0. The topological polar surface area (TPSA) is 0 Å². The monoisotopic (exact) mass is 891 g/mol. The largest absolute Gasteiger partial charge is 0.0683 e. The Kier molecular flexibility index (Phi) is 34.7. The molecule has 8 aromatic carbocycles. The van der Waals surface area contributed by atoms with Gasteiger partial charge in [0.25, 0.3) is 0 Å². The fourth-order valence-electron chi connectivity index (χ4n) is 6.89. The van der Waals surface area contributed by atoms with Crippen molar-refractivity contribution in [3.05, 3.63) is 205 Å². The Morgan fingerprint density at radius 1 is 0.281 bits per heavy atom. The maximum absolute atomic E-state index is 2.52. The predicted octanol–water partition coefficient (Wildman–Crippen LogP) is 19.1. The van der Waals surface area contributed by atoms with Crippen LogP contribution in [0.25, 0.3) is 32.7 Å². The molecule has 0 radical (unpaired) electrons. The summed E-state index contributed by atoms with van der Waals surface area (Å²) in [6.07, 6.45) is 1.96. The Morgan fingerprint density at radius 2 is 0.609 bits per heavy atom. The summed E-state index contributed by atoms with van der Waals surface area (Å²) in [5, 5.41) is 10.9. The van der Waals surface area contributed by atoms with Crippen molar-refractivity contribution in [2.75, 3.05) is 0 Å². The maximum Gasteiger partial charge on any atom is 0.00138 e. The van der Waals surface area contributed by atoms with Gasteiger partial charge >= 0.3 is 0 Å². The normalized spacial score (nSPS) is 9.34. The summed E-state index contributed by atoms with van der Waals surface area (Å²) in [5.74, 6) is 0. The predicted molar refractivity (Wildman–Crippen MR) is 303 cm³/mol. The van der Waals surface area contributed by atoms with Gasteiger partial charge < -0.3 is 0 Å². The lowest BCUT2D eigenvalue weighted by Crippen LogP contribution is -2.13. The van der Waals surface area contributed by atoms with Gasteiger partial charge in [-0.3, -0.25) is 0 Å². The molecule has 0 saturated carbocycles. The van der Waals surface area contributed by atoms with E-state index in [2.05, 4.69) is 194 Å². The molecule has 0 fully saturated rings. The molecule has 0 atom stereocenters. The highest BCUT2D eigenvalue weighted by molar-refractivity contribution is 7.72. The van der Waals surface area contributed by atoms with Gasteiger partial charge in [0.1, 0.15) is 0 Å². The van der Waals surface area contributed by atoms with Crippen LogP contribution in [0.2, 0.25) is 0 Å². The van der Waals surface area contributed by atoms with E-state index in [1.54, 1.807) is 0 Å². The van der Waals surface area contributed by atoms with Crippen molar-refractivity contribution in [2.24, 2.45) is 0 Å². The summed E-state index contributed by atoms with van der Waals surface area (Å²) in [6.45, 7) is 32.0. The van der Waals surface area contributed by atoms with Gasteiger partial charge in [-0.2, -0.15) is 0 Å². The summed E-state index contributed by atoms with van der Waals surface area (Å²) < 4.78 is 0. The molecule has 0 aliphatic rings. The molecule has 8 rings (SSSR count). The van der Waals surface area contributed by atoms with E-state index in [9.17, 15) is 0 Å². The molecule has 0 heterocycles. The first-order chi connectivity index (χ1) is 31.8. The zero-order valence-corrected chi connectivity index (χ0v) is 44.6. The Bertz CT molecular complexity index is 2200. The summed E-state index contributed by atoms with van der Waals surface area (Å²) in [4.78, 5) is 0. The van der Waals surface area contributed by atoms with Crippen LogP contribution in [0.5, 0.6) is 0 Å². The molecule has 0 aromatic heterocycles. The molecule has 0 bridgehead atoms. The quantitative estimate of drug-likeness (QED) is 0.127. The van der Waals surface area contributed by atoms with E-state index in [4.69, 9.17) is 0 Å². The molecule has 0 aliphatic heterocycles. The highest BCUT2D eigenvalue weighted by Gasteiger charge is 2.21. The second-order valence-corrected chi connectivity index (χ2v) is 16.6. The third-order valence-corrected chi connectivity index (χ3v) is 14.2. The van der Waals surface area contributed by atoms with E-state index in [-0.39, 0.29) is 0 Å². The van der Waals surface area contributed by atoms with Crippen LogP contribution in [0.15, 0.2) is 194 Å². The zero-order valence-electron chi connectivity index (χ0n) is 42.8. The third-order valence-electron chi connectivity index (χ3n) is 9.15. The van der Waals surface area contributed by atoms with Crippen molar-refractivity contribution in [3.63, 3.8) is 0 Å². The van der Waals surface area contributed by atoms with Crippen LogP contribution in [0.1, 0.15) is 122 Å². The van der Waals surface area contributed by atoms with Gasteiger partial charge in [0.05, 0.1) is 0 Å². The lowest BCUT2D eigenvalue weighted by molar-refractivity contribution is 1.39. The molecule has 0 N–H and O–H groups in total. The van der Waals surface area contributed by atoms with Crippen molar-refractivity contribution in [3.8, 4) is 11.1 Å². The summed E-state index contributed by atoms with van der Waals surface area (Å²) in [5.41, 5.74) is 5.49. The Hall–Kier alpha value is -4.86. The molecule has 0 saturated heterocycles. The van der Waals surface area contributed by atoms with Crippen molar-refractivity contribution in [1.82, 2.24) is 0 Å². The summed E-state index contributed by atoms with van der Waals surface area (Å²) >= 11 is 0. The number of hydrogen-bond donors (Lipinski definition) is 0. The summed E-state index contributed by atoms with van der Waals surface area (Å²) in [7, 11) is -1.19. The van der Waals surface area contributed by atoms with Gasteiger partial charge in [0.15, 0.2) is 0 Å². The van der Waals surface area contributed by atoms with Crippen LogP contribution in [0, 0.1) is 0 Å². The lowest BCUT2D eigenvalue weighted by atomic mass is 9.89. The average Bonchev–Trinajstić information content (AvgIpc) is 3.42. The molecule has 8 aromatic rings. The first-order valence-corrected chi connectivity index (χ1v) is 27.7. The Balaban J connectivity index is 0.00000225. The smallest absolute Gasteiger partial charge is 0.00138 e. The Morgan fingerprint density at radius 3 is 1.02 bits per heavy atom. The first kappa shape index (κ1) is 59.1. The van der Waals surface area contributed by atoms with Crippen LogP contribution in [0.4, 0.5) is 0 Å². The van der Waals surface area contributed by atoms with E-state index in [1.807, 2.05) is 111 Å². The second-order valence-electron chi connectivity index (χ2n) is 12.2. The van der Waals surface area contributed by atoms with Crippen molar-refractivity contribution >= 4 is 58.6 Å². The molecular weight excluding hydrogens is 807 g/mol. The molecule has 0 spiro atoms. The van der Waals surface area contributed by atoms with E-state index in [0.29, 0.717) is 0 Å². The molecule has 2 heteroatoms. The van der Waals surface area contributed by atoms with E-state index >= 15 is 0 Å². The molecular formula is C62H84P2. The van der Waals surface area contributed by atoms with Crippen molar-refractivity contribution in [1.29, 1.82) is 0 Å². The van der Waals surface area contributed by atoms with Crippen LogP contribution >= 0.6 is 15.8 Å². The lowest BCUT2D eigenvalue weighted by Gasteiger charge is -2.23. The van der Waals surface area contributed by atoms with Gasteiger partial charge in [0.2, 0.25) is 0 Å². The van der Waals surface area contributed by atoms with Crippen molar-refractivity contribution < 1.29 is 0 Å². The highest BCUT2D eigenvalue weighted by Crippen LogP contribution is 2.46. The SMILES string of the molecule is CC.CC.CC.CC.CC.CC.CC.CC.c1ccc(P(Cc2cc(-c3c(CP(c4ccccc4)c4ccccc4)ccc4ccccc34)c3ccccc3c2)c2ccccc2)cc1. The molecule has 0 aliphatic carbocycles. The van der Waals surface area contributed by atoms with E-state index < -0.39 is 15.8 Å². The number of fused-ring (bicyclic) bond motifs is 2. The maximum atomic E-state index is 2.52. The van der Waals surface area contributed by atoms with Crippen LogP contribution < -0.4 is 21.2 Å². The van der Waals surface area contributed by atoms with Crippen LogP contribution in [-0.4, -0.2) is 0 Å². The Labute approximate surface area is 396 Å². The average molecular weight is 891 g/mol. The minimum atomic E-state index is -0.611. The standard InChI is InChI=1S/C46H36P2.8C2H6/c1-5-19-39(20-6-1)47(40-21-7-2-8-22-40)33-35-31-37-18-14-15-27-43(37)45(32-35)46-38(30-29-36-17-13-16-28-44(36)46)34-48(41-23-9-3-10-24-41)42-25-11-4-12-26-42;8*1-2/h1-32H,33-34H2;8*1-2H3. The van der Waals surface area contributed by atoms with Gasteiger partial charge in [-0.1, -0.05) is 305 Å². The highest BCUT2D eigenvalue weighted by atomic mass is 31.1. The zero-order chi connectivity index (χ0) is 48.1. The van der Waals surface area contributed by atoms with Crippen molar-refractivity contribution in [2.45, 2.75) is 123 Å². The molecule has 64 heavy (non-hydrogen) atoms. The third kappa shape index (κ3) is 17.3. The first-order valence-electron chi connectivity index (χ1n) is 24.6. The number of benzene rings is 8. The van der Waals surface area contributed by atoms with Gasteiger partial charge in [-0.15, -0.1) is 0 Å². The minimum absolute atomic E-state index is 0.577. The van der Waals surface area contributed by atoms with E-state index in [1.165, 1.54) is 65.0 Å². The molecule has 342 valence electrons. The van der Waals surface area contributed by atoms with Gasteiger partial charge in [0, 0.05) is 12.3 Å². The second kappa shape index (κ2) is 37.5.